The lowest BCUT2D eigenvalue weighted by atomic mass is 10.0. The van der Waals surface area contributed by atoms with Gasteiger partial charge in [0.1, 0.15) is 5.82 Å². The molecule has 2 nitrogen and oxygen atoms in total. The van der Waals surface area contributed by atoms with E-state index in [9.17, 15) is 4.39 Å². The van der Waals surface area contributed by atoms with E-state index in [0.717, 1.165) is 24.3 Å². The first-order valence-corrected chi connectivity index (χ1v) is 7.33. The summed E-state index contributed by atoms with van der Waals surface area (Å²) < 4.78 is 14.2. The van der Waals surface area contributed by atoms with Crippen molar-refractivity contribution in [3.8, 4) is 0 Å². The molecule has 1 aromatic rings. The predicted octanol–water partition coefficient (Wildman–Crippen LogP) is 3.73. The van der Waals surface area contributed by atoms with Gasteiger partial charge >= 0.3 is 0 Å². The fourth-order valence-electron chi connectivity index (χ4n) is 3.25. The smallest absolute Gasteiger partial charge is 0.130 e. The normalized spacial score (nSPS) is 24.8. The zero-order chi connectivity index (χ0) is 14.0. The number of hydrogen-bond acceptors (Lipinski definition) is 2. The van der Waals surface area contributed by atoms with Crippen molar-refractivity contribution in [3.05, 3.63) is 29.6 Å². The van der Waals surface area contributed by atoms with E-state index in [2.05, 4.69) is 37.1 Å². The third-order valence-corrected chi connectivity index (χ3v) is 4.07. The first kappa shape index (κ1) is 14.3. The Morgan fingerprint density at radius 3 is 2.74 bits per heavy atom. The van der Waals surface area contributed by atoms with Gasteiger partial charge in [0, 0.05) is 29.9 Å². The summed E-state index contributed by atoms with van der Waals surface area (Å²) in [6.45, 7) is 10.5. The minimum Gasteiger partial charge on any atom is -0.368 e. The molecule has 0 amide bonds. The first-order valence-electron chi connectivity index (χ1n) is 7.33. The molecule has 1 aromatic carbocycles. The van der Waals surface area contributed by atoms with Crippen LogP contribution in [0.5, 0.6) is 0 Å². The van der Waals surface area contributed by atoms with E-state index in [1.165, 1.54) is 6.42 Å². The van der Waals surface area contributed by atoms with Gasteiger partial charge in [-0.2, -0.15) is 0 Å². The van der Waals surface area contributed by atoms with Gasteiger partial charge in [-0.3, -0.25) is 0 Å². The number of benzene rings is 1. The van der Waals surface area contributed by atoms with E-state index < -0.39 is 0 Å². The maximum Gasteiger partial charge on any atom is 0.130 e. The lowest BCUT2D eigenvalue weighted by Gasteiger charge is -2.29. The fraction of sp³-hybridized carbons (Fsp3) is 0.625. The topological polar surface area (TPSA) is 15.3 Å². The molecule has 106 valence electrons. The monoisotopic (exact) mass is 264 g/mol. The number of nitrogens with one attached hydrogen (secondary N) is 1. The summed E-state index contributed by atoms with van der Waals surface area (Å²) in [4.78, 5) is 2.36. The minimum absolute atomic E-state index is 0.0457. The minimum atomic E-state index is -0.0993. The Kier molecular flexibility index (Phi) is 4.46. The number of rotatable bonds is 4. The highest BCUT2D eigenvalue weighted by molar-refractivity contribution is 5.57. The van der Waals surface area contributed by atoms with Gasteiger partial charge in [-0.25, -0.2) is 4.39 Å². The van der Waals surface area contributed by atoms with Crippen molar-refractivity contribution in [2.75, 3.05) is 18.0 Å². The predicted molar refractivity (Wildman–Crippen MR) is 79.1 cm³/mol. The third kappa shape index (κ3) is 2.92. The van der Waals surface area contributed by atoms with E-state index in [1.807, 2.05) is 13.0 Å². The molecule has 3 unspecified atom stereocenters. The Morgan fingerprint density at radius 1 is 1.42 bits per heavy atom. The number of hydrogen-bond donors (Lipinski definition) is 1. The molecule has 0 spiro atoms. The summed E-state index contributed by atoms with van der Waals surface area (Å²) in [6.07, 6.45) is 1.19. The molecule has 0 aromatic heterocycles. The van der Waals surface area contributed by atoms with Crippen LogP contribution in [0.4, 0.5) is 10.1 Å². The molecule has 3 heteroatoms. The molecular weight excluding hydrogens is 239 g/mol. The van der Waals surface area contributed by atoms with Gasteiger partial charge in [0.05, 0.1) is 0 Å². The lowest BCUT2D eigenvalue weighted by molar-refractivity contribution is 0.538. The van der Waals surface area contributed by atoms with Gasteiger partial charge in [-0.15, -0.1) is 0 Å². The Bertz CT molecular complexity index is 433. The van der Waals surface area contributed by atoms with E-state index >= 15 is 0 Å². The summed E-state index contributed by atoms with van der Waals surface area (Å²) >= 11 is 0. The van der Waals surface area contributed by atoms with Crippen LogP contribution >= 0.6 is 0 Å². The van der Waals surface area contributed by atoms with Crippen LogP contribution in [0, 0.1) is 11.7 Å². The SMILES string of the molecule is CCNC(C)c1c(F)cccc1N1CC(C)CC1C. The van der Waals surface area contributed by atoms with Gasteiger partial charge in [0.15, 0.2) is 0 Å². The Morgan fingerprint density at radius 2 is 2.16 bits per heavy atom. The molecule has 0 bridgehead atoms. The summed E-state index contributed by atoms with van der Waals surface area (Å²) in [7, 11) is 0. The second-order valence-corrected chi connectivity index (χ2v) is 5.79. The molecule has 19 heavy (non-hydrogen) atoms. The second-order valence-electron chi connectivity index (χ2n) is 5.79. The number of anilines is 1. The Hall–Kier alpha value is -1.09. The highest BCUT2D eigenvalue weighted by Gasteiger charge is 2.29. The molecule has 1 aliphatic rings. The van der Waals surface area contributed by atoms with Crippen molar-refractivity contribution < 1.29 is 4.39 Å². The van der Waals surface area contributed by atoms with Gasteiger partial charge < -0.3 is 10.2 Å². The van der Waals surface area contributed by atoms with Crippen molar-refractivity contribution in [2.24, 2.45) is 5.92 Å². The van der Waals surface area contributed by atoms with E-state index in [4.69, 9.17) is 0 Å². The van der Waals surface area contributed by atoms with Gasteiger partial charge in [-0.1, -0.05) is 19.9 Å². The molecule has 0 radical (unpaired) electrons. The molecule has 1 N–H and O–H groups in total. The zero-order valence-electron chi connectivity index (χ0n) is 12.4. The van der Waals surface area contributed by atoms with Crippen molar-refractivity contribution in [1.82, 2.24) is 5.32 Å². The second kappa shape index (κ2) is 5.91. The van der Waals surface area contributed by atoms with Gasteiger partial charge in [0.25, 0.3) is 0 Å². The summed E-state index contributed by atoms with van der Waals surface area (Å²) in [5, 5.41) is 3.33. The van der Waals surface area contributed by atoms with Crippen LogP contribution in [-0.2, 0) is 0 Å². The lowest BCUT2D eigenvalue weighted by Crippen LogP contribution is -2.30. The molecule has 1 heterocycles. The van der Waals surface area contributed by atoms with Crippen molar-refractivity contribution in [1.29, 1.82) is 0 Å². The van der Waals surface area contributed by atoms with E-state index in [0.29, 0.717) is 12.0 Å². The quantitative estimate of drug-likeness (QED) is 0.891. The molecule has 1 aliphatic heterocycles. The number of halogens is 1. The molecule has 0 saturated carbocycles. The maximum absolute atomic E-state index is 14.2. The van der Waals surface area contributed by atoms with Crippen molar-refractivity contribution in [2.45, 2.75) is 46.2 Å². The number of nitrogens with zero attached hydrogens (tertiary/aromatic N) is 1. The van der Waals surface area contributed by atoms with Gasteiger partial charge in [0.2, 0.25) is 0 Å². The summed E-state index contributed by atoms with van der Waals surface area (Å²) in [6, 6.07) is 5.98. The molecule has 1 fully saturated rings. The highest BCUT2D eigenvalue weighted by Crippen LogP contribution is 2.35. The summed E-state index contributed by atoms with van der Waals surface area (Å²) in [5.74, 6) is 0.582. The molecule has 1 saturated heterocycles. The average Bonchev–Trinajstić information content (AvgIpc) is 2.68. The van der Waals surface area contributed by atoms with Crippen LogP contribution in [0.25, 0.3) is 0 Å². The zero-order valence-corrected chi connectivity index (χ0v) is 12.4. The standard InChI is InChI=1S/C16H25FN2/c1-5-18-13(4)16-14(17)7-6-8-15(16)19-10-11(2)9-12(19)3/h6-8,11-13,18H,5,9-10H2,1-4H3. The summed E-state index contributed by atoms with van der Waals surface area (Å²) in [5.41, 5.74) is 1.87. The third-order valence-electron chi connectivity index (χ3n) is 4.07. The van der Waals surface area contributed by atoms with E-state index in [-0.39, 0.29) is 11.9 Å². The first-order chi connectivity index (χ1) is 9.04. The molecule has 3 atom stereocenters. The van der Waals surface area contributed by atoms with Crippen LogP contribution in [0.1, 0.15) is 45.7 Å². The highest BCUT2D eigenvalue weighted by atomic mass is 19.1. The molecule has 0 aliphatic carbocycles. The van der Waals surface area contributed by atoms with E-state index in [1.54, 1.807) is 6.07 Å². The van der Waals surface area contributed by atoms with Crippen LogP contribution in [-0.4, -0.2) is 19.1 Å². The Labute approximate surface area is 116 Å². The van der Waals surface area contributed by atoms with Crippen molar-refractivity contribution in [3.63, 3.8) is 0 Å². The van der Waals surface area contributed by atoms with Crippen LogP contribution in [0.2, 0.25) is 0 Å². The largest absolute Gasteiger partial charge is 0.368 e. The van der Waals surface area contributed by atoms with Crippen LogP contribution < -0.4 is 10.2 Å². The molecule has 2 rings (SSSR count). The van der Waals surface area contributed by atoms with Gasteiger partial charge in [-0.05, 0) is 44.9 Å². The van der Waals surface area contributed by atoms with Crippen LogP contribution in [0.15, 0.2) is 18.2 Å². The fourth-order valence-corrected chi connectivity index (χ4v) is 3.25. The van der Waals surface area contributed by atoms with Crippen molar-refractivity contribution >= 4 is 5.69 Å². The average molecular weight is 264 g/mol. The molecular formula is C16H25FN2. The maximum atomic E-state index is 14.2. The Balaban J connectivity index is 2.37. The van der Waals surface area contributed by atoms with Crippen LogP contribution in [0.3, 0.4) is 0 Å².